The van der Waals surface area contributed by atoms with Crippen molar-refractivity contribution >= 4 is 29.1 Å². The van der Waals surface area contributed by atoms with Crippen LogP contribution in [0.3, 0.4) is 0 Å². The lowest BCUT2D eigenvalue weighted by atomic mass is 9.79. The summed E-state index contributed by atoms with van der Waals surface area (Å²) < 4.78 is 88.0. The first-order chi connectivity index (χ1) is 18.7. The van der Waals surface area contributed by atoms with E-state index in [9.17, 15) is 31.9 Å². The molecule has 1 fully saturated rings. The fourth-order valence-electron chi connectivity index (χ4n) is 4.43. The molecule has 1 aliphatic rings. The third kappa shape index (κ3) is 8.96. The predicted octanol–water partition coefficient (Wildman–Crippen LogP) is 5.57. The molecule has 3 rings (SSSR count). The minimum atomic E-state index is -4.45. The van der Waals surface area contributed by atoms with Gasteiger partial charge in [-0.2, -0.15) is 35.5 Å². The summed E-state index contributed by atoms with van der Waals surface area (Å²) in [5.41, 5.74) is -0.875. The number of nitrogens with one attached hydrogen (secondary N) is 1. The molecule has 1 aromatic heterocycles. The van der Waals surface area contributed by atoms with E-state index in [-0.39, 0.29) is 46.4 Å². The zero-order valence-corrected chi connectivity index (χ0v) is 23.6. The molecule has 2 aromatic rings. The topological polar surface area (TPSA) is 111 Å². The van der Waals surface area contributed by atoms with Gasteiger partial charge in [0.1, 0.15) is 5.75 Å². The summed E-state index contributed by atoms with van der Waals surface area (Å²) in [7, 11) is 0. The van der Waals surface area contributed by atoms with E-state index in [2.05, 4.69) is 22.1 Å². The van der Waals surface area contributed by atoms with E-state index in [0.717, 1.165) is 25.8 Å². The lowest BCUT2D eigenvalue weighted by Gasteiger charge is -2.34. The number of aliphatic hydroxyl groups is 1. The second kappa shape index (κ2) is 14.4. The maximum Gasteiger partial charge on any atom is 0.391 e. The Morgan fingerprint density at radius 2 is 1.90 bits per heavy atom. The molecule has 1 atom stereocenters. The van der Waals surface area contributed by atoms with Crippen LogP contribution in [0.25, 0.3) is 11.3 Å². The highest BCUT2D eigenvalue weighted by Gasteiger charge is 2.36. The molecule has 1 aromatic carbocycles. The molecule has 0 bridgehead atoms. The fraction of sp³-hybridized carbons (Fsp3) is 0.600. The minimum absolute atomic E-state index is 0.00896. The van der Waals surface area contributed by atoms with Crippen LogP contribution in [0.1, 0.15) is 62.5 Å². The van der Waals surface area contributed by atoms with Crippen LogP contribution in [0.4, 0.5) is 22.0 Å². The zero-order chi connectivity index (χ0) is 30.3. The molecule has 0 unspecified atom stereocenters. The third-order valence-corrected chi connectivity index (χ3v) is 7.17. The summed E-state index contributed by atoms with van der Waals surface area (Å²) in [6.07, 6.45) is -2.11. The maximum absolute atomic E-state index is 13.2. The van der Waals surface area contributed by atoms with E-state index in [1.54, 1.807) is 6.92 Å². The molecule has 224 valence electrons. The lowest BCUT2D eigenvalue weighted by molar-refractivity contribution is -0.169. The third-order valence-electron chi connectivity index (χ3n) is 6.81. The Kier molecular flexibility index (Phi) is 12.1. The largest absolute Gasteiger partial charge is 0.434 e. The quantitative estimate of drug-likeness (QED) is 0.357. The number of aromatic nitrogens is 2. The zero-order valence-electron chi connectivity index (χ0n) is 22.1. The van der Waals surface area contributed by atoms with Crippen LogP contribution in [0, 0.1) is 11.8 Å². The molecule has 1 amide bonds. The number of halogens is 6. The van der Waals surface area contributed by atoms with Crippen molar-refractivity contribution in [1.29, 1.82) is 0 Å². The molecular formula is C25H31ClF5N3O5S. The molecule has 8 nitrogen and oxygen atoms in total. The summed E-state index contributed by atoms with van der Waals surface area (Å²) in [4.78, 5) is 12.9. The Hall–Kier alpha value is -2.58. The average molecular weight is 616 g/mol. The Morgan fingerprint density at radius 1 is 1.30 bits per heavy atom. The van der Waals surface area contributed by atoms with E-state index in [0.29, 0.717) is 18.8 Å². The first kappa shape index (κ1) is 33.6. The molecule has 15 heteroatoms. The molecule has 0 radical (unpaired) electrons. The number of carbonyl (C=O) groups excluding carboxylic acids is 1. The highest BCUT2D eigenvalue weighted by Crippen LogP contribution is 2.39. The highest BCUT2D eigenvalue weighted by molar-refractivity contribution is 7.51. The molecule has 0 aliphatic heterocycles. The van der Waals surface area contributed by atoms with E-state index in [1.807, 2.05) is 0 Å². The van der Waals surface area contributed by atoms with Gasteiger partial charge in [-0.25, -0.2) is 0 Å². The number of rotatable bonds is 9. The van der Waals surface area contributed by atoms with Gasteiger partial charge in [-0.1, -0.05) is 31.5 Å². The number of alkyl halides is 5. The smallest absolute Gasteiger partial charge is 0.391 e. The highest BCUT2D eigenvalue weighted by atomic mass is 35.5. The van der Waals surface area contributed by atoms with Crippen LogP contribution < -0.4 is 10.1 Å². The van der Waals surface area contributed by atoms with Crippen LogP contribution in [0.5, 0.6) is 5.75 Å². The van der Waals surface area contributed by atoms with E-state index >= 15 is 0 Å². The van der Waals surface area contributed by atoms with Crippen molar-refractivity contribution in [3.63, 3.8) is 0 Å². The van der Waals surface area contributed by atoms with Gasteiger partial charge in [-0.3, -0.25) is 9.48 Å². The second-order valence-electron chi connectivity index (χ2n) is 9.84. The first-order valence-corrected chi connectivity index (χ1v) is 13.5. The first-order valence-electron chi connectivity index (χ1n) is 12.5. The lowest BCUT2D eigenvalue weighted by Crippen LogP contribution is -2.45. The number of aryl methyl sites for hydroxylation is 1. The van der Waals surface area contributed by atoms with Crippen LogP contribution in [-0.2, 0) is 24.5 Å². The van der Waals surface area contributed by atoms with Crippen molar-refractivity contribution in [1.82, 2.24) is 15.1 Å². The fourth-order valence-corrected chi connectivity index (χ4v) is 4.75. The van der Waals surface area contributed by atoms with Crippen molar-refractivity contribution < 1.29 is 45.0 Å². The van der Waals surface area contributed by atoms with Gasteiger partial charge in [0.15, 0.2) is 5.69 Å². The van der Waals surface area contributed by atoms with Crippen molar-refractivity contribution in [3.8, 4) is 17.0 Å². The van der Waals surface area contributed by atoms with Crippen molar-refractivity contribution in [2.24, 2.45) is 11.8 Å². The van der Waals surface area contributed by atoms with Gasteiger partial charge < -0.3 is 15.2 Å². The molecular weight excluding hydrogens is 585 g/mol. The number of nitrogens with zero attached hydrogens (tertiary/aromatic N) is 2. The molecule has 0 spiro atoms. The second-order valence-corrected chi connectivity index (χ2v) is 10.4. The number of benzene rings is 1. The van der Waals surface area contributed by atoms with Crippen LogP contribution in [-0.4, -0.2) is 54.1 Å². The van der Waals surface area contributed by atoms with E-state index < -0.39 is 48.2 Å². The molecule has 0 saturated heterocycles. The summed E-state index contributed by atoms with van der Waals surface area (Å²) in [5.74, 6) is -2.21. The van der Waals surface area contributed by atoms with Crippen LogP contribution in [0.2, 0.25) is 5.02 Å². The Bertz CT molecular complexity index is 1200. The molecule has 40 heavy (non-hydrogen) atoms. The Balaban J connectivity index is 0.00000178. The molecule has 1 aliphatic carbocycles. The maximum atomic E-state index is 13.2. The van der Waals surface area contributed by atoms with Gasteiger partial charge in [0, 0.05) is 18.7 Å². The van der Waals surface area contributed by atoms with Gasteiger partial charge in [-0.05, 0) is 62.6 Å². The summed E-state index contributed by atoms with van der Waals surface area (Å²) in [6, 6.07) is 3.82. The van der Waals surface area contributed by atoms with Gasteiger partial charge in [0.05, 0.1) is 22.2 Å². The predicted molar refractivity (Wildman–Crippen MR) is 138 cm³/mol. The van der Waals surface area contributed by atoms with Gasteiger partial charge in [0.2, 0.25) is 0 Å². The number of hydrogen-bond donors (Lipinski definition) is 2. The molecule has 2 N–H and O–H groups in total. The number of amides is 1. The van der Waals surface area contributed by atoms with Gasteiger partial charge in [-0.15, -0.1) is 0 Å². The summed E-state index contributed by atoms with van der Waals surface area (Å²) in [6.45, 7) is 1.78. The Morgan fingerprint density at radius 3 is 2.42 bits per heavy atom. The van der Waals surface area contributed by atoms with Crippen molar-refractivity contribution in [2.75, 3.05) is 6.54 Å². The average Bonchev–Trinajstić information content (AvgIpc) is 3.20. The number of carbonyl (C=O) groups is 1. The number of hydrogen-bond acceptors (Lipinski definition) is 6. The standard InChI is InChI=1S/C25H31ClF5N3O3.O2S/c1-4-34-21(17-6-5-16(11-15(3)25(29,30)31)12-18(17)37-23(27)28)19(26)20(33-34)22(35)32-13-24(36)9-7-14(2)8-10-24;1-3-2/h5-6,12,14-15,23,36H,4,7-11,13H2,1-3H3,(H,32,35);/t14?,15-,24?;/m1./s1. The van der Waals surface area contributed by atoms with Crippen LogP contribution >= 0.6 is 11.6 Å². The SMILES string of the molecule is CCn1nc(C(=O)NCC2(O)CCC(C)CC2)c(Cl)c1-c1ccc(C[C@@H](C)C(F)(F)F)cc1OC(F)F.O=S=O. The van der Waals surface area contributed by atoms with E-state index in [4.69, 9.17) is 20.0 Å². The van der Waals surface area contributed by atoms with Crippen molar-refractivity contribution in [3.05, 3.63) is 34.5 Å². The summed E-state index contributed by atoms with van der Waals surface area (Å²) >= 11 is 5.76. The van der Waals surface area contributed by atoms with Crippen LogP contribution in [0.15, 0.2) is 18.2 Å². The minimum Gasteiger partial charge on any atom is -0.434 e. The normalized spacial score (nSPS) is 19.9. The molecule has 1 heterocycles. The number of ether oxygens (including phenoxy) is 1. The summed E-state index contributed by atoms with van der Waals surface area (Å²) in [5, 5.41) is 17.5. The molecule has 1 saturated carbocycles. The van der Waals surface area contributed by atoms with Crippen molar-refractivity contribution in [2.45, 2.75) is 77.8 Å². The van der Waals surface area contributed by atoms with Gasteiger partial charge >= 0.3 is 24.4 Å². The Labute approximate surface area is 236 Å². The monoisotopic (exact) mass is 615 g/mol. The van der Waals surface area contributed by atoms with Gasteiger partial charge in [0.25, 0.3) is 5.91 Å². The van der Waals surface area contributed by atoms with E-state index in [1.165, 1.54) is 16.8 Å².